The van der Waals surface area contributed by atoms with Crippen molar-refractivity contribution in [1.29, 1.82) is 5.26 Å². The molecule has 1 aliphatic rings. The zero-order chi connectivity index (χ0) is 15.6. The Kier molecular flexibility index (Phi) is 3.28. The van der Waals surface area contributed by atoms with Crippen LogP contribution in [-0.2, 0) is 12.8 Å². The van der Waals surface area contributed by atoms with Crippen LogP contribution in [0.1, 0.15) is 22.5 Å². The molecule has 112 valence electrons. The average molecular weight is 301 g/mol. The Labute approximate surface area is 134 Å². The van der Waals surface area contributed by atoms with E-state index in [1.807, 2.05) is 47.1 Å². The number of hydrogen-bond donors (Lipinski definition) is 1. The summed E-state index contributed by atoms with van der Waals surface area (Å²) in [5.41, 5.74) is 4.68. The number of benzene rings is 1. The van der Waals surface area contributed by atoms with E-state index >= 15 is 0 Å². The van der Waals surface area contributed by atoms with Crippen LogP contribution >= 0.6 is 0 Å². The van der Waals surface area contributed by atoms with Crippen molar-refractivity contribution >= 4 is 5.82 Å². The summed E-state index contributed by atoms with van der Waals surface area (Å²) in [7, 11) is 0. The third kappa shape index (κ3) is 2.34. The predicted octanol–water partition coefficient (Wildman–Crippen LogP) is 2.70. The smallest absolute Gasteiger partial charge is 0.133 e. The molecule has 1 N–H and O–H groups in total. The largest absolute Gasteiger partial charge is 0.369 e. The van der Waals surface area contributed by atoms with Crippen LogP contribution in [0.3, 0.4) is 0 Å². The summed E-state index contributed by atoms with van der Waals surface area (Å²) in [5.74, 6) is 0.999. The average Bonchev–Trinajstić information content (AvgIpc) is 3.20. The first-order valence-electron chi connectivity index (χ1n) is 7.61. The van der Waals surface area contributed by atoms with E-state index in [2.05, 4.69) is 16.4 Å². The maximum atomic E-state index is 9.35. The second-order valence-corrected chi connectivity index (χ2v) is 5.49. The van der Waals surface area contributed by atoms with Crippen LogP contribution in [0.5, 0.6) is 0 Å². The van der Waals surface area contributed by atoms with Crippen LogP contribution < -0.4 is 5.32 Å². The summed E-state index contributed by atoms with van der Waals surface area (Å²) < 4.78 is 1.86. The number of nitriles is 1. The molecular formula is C18H15N5. The van der Waals surface area contributed by atoms with E-state index in [1.54, 1.807) is 6.20 Å². The van der Waals surface area contributed by atoms with E-state index in [-0.39, 0.29) is 0 Å². The topological polar surface area (TPSA) is 66.5 Å². The molecule has 2 aromatic heterocycles. The number of nitrogens with zero attached hydrogens (tertiary/aromatic N) is 4. The molecule has 0 saturated carbocycles. The van der Waals surface area contributed by atoms with E-state index in [0.29, 0.717) is 12.0 Å². The zero-order valence-corrected chi connectivity index (χ0v) is 12.5. The molecule has 0 unspecified atom stereocenters. The Morgan fingerprint density at radius 3 is 2.87 bits per heavy atom. The van der Waals surface area contributed by atoms with E-state index in [0.717, 1.165) is 35.9 Å². The highest BCUT2D eigenvalue weighted by molar-refractivity contribution is 5.60. The van der Waals surface area contributed by atoms with E-state index in [4.69, 9.17) is 5.10 Å². The summed E-state index contributed by atoms with van der Waals surface area (Å²) in [5, 5.41) is 17.5. The van der Waals surface area contributed by atoms with Crippen molar-refractivity contribution in [3.05, 3.63) is 71.2 Å². The third-order valence-corrected chi connectivity index (χ3v) is 4.06. The molecule has 0 radical (unpaired) electrons. The lowest BCUT2D eigenvalue weighted by atomic mass is 10.1. The molecule has 0 bridgehead atoms. The fourth-order valence-corrected chi connectivity index (χ4v) is 2.99. The molecule has 23 heavy (non-hydrogen) atoms. The van der Waals surface area contributed by atoms with Crippen LogP contribution in [0.25, 0.3) is 5.69 Å². The fourth-order valence-electron chi connectivity index (χ4n) is 2.99. The molecule has 1 aromatic carbocycles. The number of para-hydroxylation sites is 1. The molecule has 1 aliphatic heterocycles. The Balaban J connectivity index is 1.81. The monoisotopic (exact) mass is 301 g/mol. The van der Waals surface area contributed by atoms with Gasteiger partial charge in [-0.3, -0.25) is 4.98 Å². The highest BCUT2D eigenvalue weighted by Gasteiger charge is 2.24. The summed E-state index contributed by atoms with van der Waals surface area (Å²) in [6, 6.07) is 15.7. The normalized spacial score (nSPS) is 12.5. The van der Waals surface area contributed by atoms with Gasteiger partial charge in [0.15, 0.2) is 0 Å². The van der Waals surface area contributed by atoms with Gasteiger partial charge in [0.05, 0.1) is 16.9 Å². The minimum absolute atomic E-state index is 0.621. The lowest BCUT2D eigenvalue weighted by molar-refractivity contribution is 0.832. The second kappa shape index (κ2) is 5.58. The summed E-state index contributed by atoms with van der Waals surface area (Å²) in [4.78, 5) is 4.39. The predicted molar refractivity (Wildman–Crippen MR) is 87.5 cm³/mol. The van der Waals surface area contributed by atoms with Gasteiger partial charge in [-0.15, -0.1) is 0 Å². The molecule has 4 rings (SSSR count). The third-order valence-electron chi connectivity index (χ3n) is 4.06. The summed E-state index contributed by atoms with van der Waals surface area (Å²) in [6.45, 7) is 0.900. The van der Waals surface area contributed by atoms with Gasteiger partial charge in [-0.05, 0) is 30.7 Å². The highest BCUT2D eigenvalue weighted by Crippen LogP contribution is 2.30. The van der Waals surface area contributed by atoms with Crippen LogP contribution in [-0.4, -0.2) is 21.3 Å². The molecular weight excluding hydrogens is 286 g/mol. The van der Waals surface area contributed by atoms with Crippen molar-refractivity contribution in [3.63, 3.8) is 0 Å². The maximum Gasteiger partial charge on any atom is 0.133 e. The Morgan fingerprint density at radius 1 is 1.17 bits per heavy atom. The van der Waals surface area contributed by atoms with Gasteiger partial charge in [0.25, 0.3) is 0 Å². The number of hydrogen-bond acceptors (Lipinski definition) is 4. The lowest BCUT2D eigenvalue weighted by Crippen LogP contribution is -2.06. The maximum absolute atomic E-state index is 9.35. The number of rotatable bonds is 3. The fraction of sp³-hybridized carbons (Fsp3) is 0.167. The Bertz CT molecular complexity index is 890. The quantitative estimate of drug-likeness (QED) is 0.807. The molecule has 5 nitrogen and oxygen atoms in total. The van der Waals surface area contributed by atoms with Crippen molar-refractivity contribution < 1.29 is 0 Å². The molecule has 3 aromatic rings. The number of pyridine rings is 1. The van der Waals surface area contributed by atoms with Gasteiger partial charge in [0.1, 0.15) is 11.9 Å². The lowest BCUT2D eigenvalue weighted by Gasteiger charge is -2.07. The molecule has 0 aliphatic carbocycles. The summed E-state index contributed by atoms with van der Waals surface area (Å²) in [6.07, 6.45) is 3.45. The SMILES string of the molecule is N#Cc1ccccc1-n1nc(Cc2ccccn2)c2c1NCC2. The molecule has 0 amide bonds. The van der Waals surface area contributed by atoms with Crippen LogP contribution in [0.4, 0.5) is 5.82 Å². The van der Waals surface area contributed by atoms with Crippen molar-refractivity contribution in [3.8, 4) is 11.8 Å². The zero-order valence-electron chi connectivity index (χ0n) is 12.5. The van der Waals surface area contributed by atoms with Crippen molar-refractivity contribution in [2.24, 2.45) is 0 Å². The first kappa shape index (κ1) is 13.5. The molecule has 0 spiro atoms. The number of anilines is 1. The second-order valence-electron chi connectivity index (χ2n) is 5.49. The molecule has 0 fully saturated rings. The van der Waals surface area contributed by atoms with Gasteiger partial charge in [0, 0.05) is 30.4 Å². The van der Waals surface area contributed by atoms with Gasteiger partial charge < -0.3 is 5.32 Å². The molecule has 5 heteroatoms. The van der Waals surface area contributed by atoms with E-state index < -0.39 is 0 Å². The molecule has 0 saturated heterocycles. The standard InChI is InChI=1S/C18H15N5/c19-12-13-5-1-2-7-17(13)23-18-15(8-10-21-18)16(22-23)11-14-6-3-4-9-20-14/h1-7,9,21H,8,10-11H2. The van der Waals surface area contributed by atoms with Crippen molar-refractivity contribution in [2.75, 3.05) is 11.9 Å². The van der Waals surface area contributed by atoms with Gasteiger partial charge in [0.2, 0.25) is 0 Å². The molecule has 3 heterocycles. The van der Waals surface area contributed by atoms with Crippen LogP contribution in [0.15, 0.2) is 48.7 Å². The van der Waals surface area contributed by atoms with Crippen LogP contribution in [0.2, 0.25) is 0 Å². The van der Waals surface area contributed by atoms with Gasteiger partial charge in [-0.25, -0.2) is 4.68 Å². The number of aromatic nitrogens is 3. The molecule has 0 atom stereocenters. The first-order valence-corrected chi connectivity index (χ1v) is 7.61. The van der Waals surface area contributed by atoms with Gasteiger partial charge >= 0.3 is 0 Å². The number of nitrogens with one attached hydrogen (secondary N) is 1. The van der Waals surface area contributed by atoms with Gasteiger partial charge in [-0.2, -0.15) is 10.4 Å². The van der Waals surface area contributed by atoms with Crippen molar-refractivity contribution in [2.45, 2.75) is 12.8 Å². The Morgan fingerprint density at radius 2 is 2.04 bits per heavy atom. The van der Waals surface area contributed by atoms with Gasteiger partial charge in [-0.1, -0.05) is 18.2 Å². The van der Waals surface area contributed by atoms with Crippen molar-refractivity contribution in [1.82, 2.24) is 14.8 Å². The summed E-state index contributed by atoms with van der Waals surface area (Å²) >= 11 is 0. The first-order chi connectivity index (χ1) is 11.4. The Hall–Kier alpha value is -3.13. The van der Waals surface area contributed by atoms with E-state index in [1.165, 1.54) is 5.56 Å². The minimum Gasteiger partial charge on any atom is -0.369 e. The van der Waals surface area contributed by atoms with E-state index in [9.17, 15) is 5.26 Å². The number of fused-ring (bicyclic) bond motifs is 1. The highest BCUT2D eigenvalue weighted by atomic mass is 15.3. The minimum atomic E-state index is 0.621. The van der Waals surface area contributed by atoms with Crippen LogP contribution in [0, 0.1) is 11.3 Å².